The molecule has 0 bridgehead atoms. The maximum Gasteiger partial charge on any atom is 0.490 e. The number of carbonyl (C=O) groups excluding carboxylic acids is 3. The molecular weight excluding hydrogens is 557 g/mol. The van der Waals surface area contributed by atoms with Crippen molar-refractivity contribution in [2.45, 2.75) is 25.7 Å². The van der Waals surface area contributed by atoms with Crippen LogP contribution in [0.3, 0.4) is 0 Å². The van der Waals surface area contributed by atoms with Gasteiger partial charge in [-0.15, -0.1) is 0 Å². The summed E-state index contributed by atoms with van der Waals surface area (Å²) in [4.78, 5) is 49.9. The fourth-order valence-electron chi connectivity index (χ4n) is 4.07. The summed E-state index contributed by atoms with van der Waals surface area (Å²) in [5, 5.41) is 15.7. The topological polar surface area (TPSA) is 147 Å². The number of aromatic nitrogens is 1. The van der Waals surface area contributed by atoms with Crippen LogP contribution in [-0.2, 0) is 16.2 Å². The zero-order valence-electron chi connectivity index (χ0n) is 21.9. The van der Waals surface area contributed by atoms with Crippen molar-refractivity contribution in [1.29, 1.82) is 0 Å². The molecule has 3 aromatic carbocycles. The molecular formula is C29H23F3N4O6. The highest BCUT2D eigenvalue weighted by Gasteiger charge is 2.38. The number of urea groups is 1. The smallest absolute Gasteiger partial charge is 0.489 e. The number of hydrogen-bond acceptors (Lipinski definition) is 6. The molecule has 0 saturated carbocycles. The van der Waals surface area contributed by atoms with Crippen molar-refractivity contribution >= 4 is 40.4 Å². The summed E-state index contributed by atoms with van der Waals surface area (Å²) in [5.41, 5.74) is 4.26. The lowest BCUT2D eigenvalue weighted by atomic mass is 10.0. The molecule has 10 nitrogen and oxygen atoms in total. The normalized spacial score (nSPS) is 14.3. The molecule has 42 heavy (non-hydrogen) atoms. The third-order valence-electron chi connectivity index (χ3n) is 5.98. The van der Waals surface area contributed by atoms with Gasteiger partial charge in [0.1, 0.15) is 18.4 Å². The van der Waals surface area contributed by atoms with E-state index in [1.54, 1.807) is 48.5 Å². The molecule has 1 fully saturated rings. The van der Waals surface area contributed by atoms with Crippen molar-refractivity contribution in [2.75, 3.05) is 5.32 Å². The maximum atomic E-state index is 12.9. The summed E-state index contributed by atoms with van der Waals surface area (Å²) in [7, 11) is 0. The number of aliphatic carboxylic acids is 1. The summed E-state index contributed by atoms with van der Waals surface area (Å²) < 4.78 is 37.7. The Morgan fingerprint density at radius 1 is 1.00 bits per heavy atom. The Kier molecular flexibility index (Phi) is 8.70. The summed E-state index contributed by atoms with van der Waals surface area (Å²) in [5.74, 6) is -2.93. The third kappa shape index (κ3) is 7.18. The number of carbonyl (C=O) groups is 4. The van der Waals surface area contributed by atoms with E-state index < -0.39 is 30.1 Å². The number of hydrogen-bond donors (Lipinski definition) is 4. The van der Waals surface area contributed by atoms with Gasteiger partial charge in [0.05, 0.1) is 5.52 Å². The van der Waals surface area contributed by atoms with Crippen molar-refractivity contribution in [3.05, 3.63) is 101 Å². The average molecular weight is 581 g/mol. The van der Waals surface area contributed by atoms with E-state index in [2.05, 4.69) is 20.9 Å². The van der Waals surface area contributed by atoms with E-state index in [4.69, 9.17) is 14.6 Å². The molecule has 1 atom stereocenters. The van der Waals surface area contributed by atoms with Gasteiger partial charge in [-0.1, -0.05) is 36.4 Å². The maximum absolute atomic E-state index is 12.9. The van der Waals surface area contributed by atoms with Crippen LogP contribution >= 0.6 is 0 Å². The van der Waals surface area contributed by atoms with Gasteiger partial charge in [-0.25, -0.2) is 9.59 Å². The average Bonchev–Trinajstić information content (AvgIpc) is 3.29. The van der Waals surface area contributed by atoms with Gasteiger partial charge in [-0.2, -0.15) is 13.2 Å². The number of carboxylic acid groups (broad SMARTS) is 1. The molecule has 0 aliphatic carbocycles. The molecule has 0 radical (unpaired) electrons. The van der Waals surface area contributed by atoms with Crippen LogP contribution in [0.4, 0.5) is 23.7 Å². The van der Waals surface area contributed by atoms with Gasteiger partial charge in [0.15, 0.2) is 0 Å². The summed E-state index contributed by atoms with van der Waals surface area (Å²) >= 11 is 0. The quantitative estimate of drug-likeness (QED) is 0.238. The molecule has 4 amide bonds. The minimum Gasteiger partial charge on any atom is -0.489 e. The molecule has 13 heteroatoms. The van der Waals surface area contributed by atoms with Crippen LogP contribution in [0.15, 0.2) is 78.9 Å². The van der Waals surface area contributed by atoms with E-state index in [9.17, 15) is 27.6 Å². The molecule has 4 aromatic rings. The minimum absolute atomic E-state index is 0.343. The van der Waals surface area contributed by atoms with E-state index in [-0.39, 0.29) is 5.91 Å². The van der Waals surface area contributed by atoms with Gasteiger partial charge in [-0.3, -0.25) is 19.9 Å². The fraction of sp³-hybridized carbons (Fsp3) is 0.138. The molecule has 216 valence electrons. The molecule has 4 N–H and O–H groups in total. The lowest BCUT2D eigenvalue weighted by molar-refractivity contribution is -0.192. The number of fused-ring (bicyclic) bond motifs is 1. The molecule has 1 aliphatic heterocycles. The number of rotatable bonds is 6. The third-order valence-corrected chi connectivity index (χ3v) is 5.98. The number of aryl methyl sites for hydroxylation is 1. The van der Waals surface area contributed by atoms with E-state index in [1.807, 2.05) is 37.3 Å². The van der Waals surface area contributed by atoms with E-state index in [0.717, 1.165) is 22.2 Å². The van der Waals surface area contributed by atoms with Crippen LogP contribution in [-0.4, -0.2) is 40.1 Å². The van der Waals surface area contributed by atoms with Crippen LogP contribution in [0.1, 0.15) is 33.2 Å². The zero-order chi connectivity index (χ0) is 30.4. The van der Waals surface area contributed by atoms with E-state index >= 15 is 0 Å². The number of alkyl halides is 3. The number of imide groups is 1. The highest BCUT2D eigenvalue weighted by molar-refractivity contribution is 6.07. The molecule has 1 aromatic heterocycles. The summed E-state index contributed by atoms with van der Waals surface area (Å²) in [6, 6.07) is 22.2. The van der Waals surface area contributed by atoms with Crippen molar-refractivity contribution in [2.24, 2.45) is 0 Å². The Balaban J connectivity index is 0.000000517. The first kappa shape index (κ1) is 29.5. The highest BCUT2D eigenvalue weighted by Crippen LogP contribution is 2.26. The molecule has 1 unspecified atom stereocenters. The van der Waals surface area contributed by atoms with Crippen LogP contribution in [0, 0.1) is 6.92 Å². The first-order chi connectivity index (χ1) is 19.9. The number of halogens is 3. The number of ether oxygens (including phenoxy) is 1. The number of nitrogens with zero attached hydrogens (tertiary/aromatic N) is 1. The van der Waals surface area contributed by atoms with Gasteiger partial charge >= 0.3 is 18.2 Å². The van der Waals surface area contributed by atoms with Gasteiger partial charge in [0.25, 0.3) is 11.8 Å². The van der Waals surface area contributed by atoms with E-state index in [0.29, 0.717) is 29.2 Å². The Hall–Kier alpha value is -5.46. The predicted molar refractivity (Wildman–Crippen MR) is 145 cm³/mol. The van der Waals surface area contributed by atoms with Crippen molar-refractivity contribution in [3.8, 4) is 5.75 Å². The number of nitrogens with one attached hydrogen (secondary N) is 3. The number of amides is 4. The SMILES string of the molecule is Cc1cc(COc2ccc(C(=O)Nc3ccccc3C3NC(=O)NC3=O)cc2)c2ccccc2n1.O=C(O)C(F)(F)F. The monoisotopic (exact) mass is 580 g/mol. The Labute approximate surface area is 236 Å². The van der Waals surface area contributed by atoms with Gasteiger partial charge in [0.2, 0.25) is 0 Å². The second-order valence-corrected chi connectivity index (χ2v) is 8.99. The summed E-state index contributed by atoms with van der Waals surface area (Å²) in [6.07, 6.45) is -5.08. The number of anilines is 1. The number of pyridine rings is 1. The van der Waals surface area contributed by atoms with Gasteiger partial charge < -0.3 is 20.5 Å². The Morgan fingerprint density at radius 2 is 1.64 bits per heavy atom. The lowest BCUT2D eigenvalue weighted by Crippen LogP contribution is -2.22. The fourth-order valence-corrected chi connectivity index (χ4v) is 4.07. The summed E-state index contributed by atoms with van der Waals surface area (Å²) in [6.45, 7) is 2.33. The predicted octanol–water partition coefficient (Wildman–Crippen LogP) is 4.89. The van der Waals surface area contributed by atoms with Gasteiger partial charge in [-0.05, 0) is 49.4 Å². The molecule has 1 saturated heterocycles. The second-order valence-electron chi connectivity index (χ2n) is 8.99. The lowest BCUT2D eigenvalue weighted by Gasteiger charge is -2.15. The minimum atomic E-state index is -5.08. The van der Waals surface area contributed by atoms with Crippen LogP contribution in [0.5, 0.6) is 5.75 Å². The van der Waals surface area contributed by atoms with Gasteiger partial charge in [0, 0.05) is 33.5 Å². The van der Waals surface area contributed by atoms with Crippen LogP contribution in [0.25, 0.3) is 10.9 Å². The molecule has 0 spiro atoms. The Morgan fingerprint density at radius 3 is 2.29 bits per heavy atom. The van der Waals surface area contributed by atoms with Crippen molar-refractivity contribution in [3.63, 3.8) is 0 Å². The van der Waals surface area contributed by atoms with Crippen LogP contribution in [0.2, 0.25) is 0 Å². The molecule has 5 rings (SSSR count). The number of para-hydroxylation sites is 2. The number of benzene rings is 3. The standard InChI is InChI=1S/C27H22N4O4.C2HF3O2/c1-16-14-18(20-6-2-4-8-22(20)28-16)15-35-19-12-10-17(11-13-19)25(32)29-23-9-5-3-7-21(23)24-26(33)31-27(34)30-24;3-2(4,5)1(6)7/h2-14,24H,15H2,1H3,(H,29,32)(H2,30,31,33,34);(H,6,7). The van der Waals surface area contributed by atoms with Crippen LogP contribution < -0.4 is 20.7 Å². The highest BCUT2D eigenvalue weighted by atomic mass is 19.4. The first-order valence-corrected chi connectivity index (χ1v) is 12.3. The first-order valence-electron chi connectivity index (χ1n) is 12.3. The van der Waals surface area contributed by atoms with Crippen molar-refractivity contribution in [1.82, 2.24) is 15.6 Å². The van der Waals surface area contributed by atoms with Crippen molar-refractivity contribution < 1.29 is 42.2 Å². The second kappa shape index (κ2) is 12.4. The zero-order valence-corrected chi connectivity index (χ0v) is 21.9. The van der Waals surface area contributed by atoms with E-state index in [1.165, 1.54) is 0 Å². The molecule has 2 heterocycles. The largest absolute Gasteiger partial charge is 0.490 e. The number of carboxylic acids is 1. The molecule has 1 aliphatic rings. The Bertz CT molecular complexity index is 1660.